The highest BCUT2D eigenvalue weighted by Gasteiger charge is 2.27. The number of hydrogen-bond donors (Lipinski definition) is 1. The first-order chi connectivity index (χ1) is 15.2. The van der Waals surface area contributed by atoms with Gasteiger partial charge in [0.25, 0.3) is 5.91 Å². The molecule has 1 aromatic carbocycles. The Bertz CT molecular complexity index is 1190. The molecule has 0 spiro atoms. The van der Waals surface area contributed by atoms with Crippen LogP contribution in [0.25, 0.3) is 0 Å². The number of carbonyl (C=O) groups excluding carboxylic acids is 1. The molecule has 1 amide bonds. The first kappa shape index (κ1) is 21.6. The highest BCUT2D eigenvalue weighted by molar-refractivity contribution is 6.03. The molecule has 0 saturated carbocycles. The Labute approximate surface area is 188 Å². The topological polar surface area (TPSA) is 95.1 Å². The Balaban J connectivity index is 1.50. The van der Waals surface area contributed by atoms with Crippen LogP contribution in [0.2, 0.25) is 0 Å². The molecule has 1 N–H and O–H groups in total. The fraction of sp³-hybridized carbons (Fsp3) is 0.360. The lowest BCUT2D eigenvalue weighted by Gasteiger charge is -2.19. The number of hydrogen-bond acceptors (Lipinski definition) is 6. The van der Waals surface area contributed by atoms with Crippen molar-refractivity contribution in [2.45, 2.75) is 45.4 Å². The lowest BCUT2D eigenvalue weighted by Crippen LogP contribution is -2.20. The summed E-state index contributed by atoms with van der Waals surface area (Å²) < 4.78 is 5.30. The van der Waals surface area contributed by atoms with E-state index in [-0.39, 0.29) is 11.3 Å². The van der Waals surface area contributed by atoms with Crippen molar-refractivity contribution in [3.8, 4) is 6.07 Å². The van der Waals surface area contributed by atoms with Gasteiger partial charge in [-0.1, -0.05) is 32.0 Å². The first-order valence-corrected chi connectivity index (χ1v) is 10.7. The highest BCUT2D eigenvalue weighted by atomic mass is 16.5. The number of amides is 1. The van der Waals surface area contributed by atoms with E-state index >= 15 is 0 Å². The molecule has 3 aromatic rings. The maximum atomic E-state index is 12.9. The molecular weight excluding hydrogens is 402 g/mol. The van der Waals surface area contributed by atoms with Crippen LogP contribution in [0.1, 0.15) is 65.9 Å². The van der Waals surface area contributed by atoms with E-state index in [1.165, 1.54) is 0 Å². The van der Waals surface area contributed by atoms with E-state index in [1.54, 1.807) is 18.5 Å². The van der Waals surface area contributed by atoms with Crippen molar-refractivity contribution in [3.05, 3.63) is 70.7 Å². The number of pyridine rings is 1. The van der Waals surface area contributed by atoms with Crippen LogP contribution in [0, 0.1) is 18.3 Å². The van der Waals surface area contributed by atoms with Crippen LogP contribution in [-0.4, -0.2) is 29.1 Å². The number of benzene rings is 1. The zero-order valence-corrected chi connectivity index (χ0v) is 18.8. The summed E-state index contributed by atoms with van der Waals surface area (Å²) in [7, 11) is 0. The third-order valence-corrected chi connectivity index (χ3v) is 5.90. The Kier molecular flexibility index (Phi) is 5.70. The summed E-state index contributed by atoms with van der Waals surface area (Å²) in [4.78, 5) is 19.3. The number of aryl methyl sites for hydroxylation is 1. The van der Waals surface area contributed by atoms with E-state index in [2.05, 4.69) is 33.4 Å². The average molecular weight is 430 g/mol. The summed E-state index contributed by atoms with van der Waals surface area (Å²) in [6.45, 7) is 9.90. The van der Waals surface area contributed by atoms with Gasteiger partial charge in [-0.3, -0.25) is 15.1 Å². The van der Waals surface area contributed by atoms with E-state index < -0.39 is 0 Å². The Morgan fingerprint density at radius 3 is 2.78 bits per heavy atom. The molecule has 0 bridgehead atoms. The molecule has 3 heterocycles. The summed E-state index contributed by atoms with van der Waals surface area (Å²) in [5, 5.41) is 16.0. The lowest BCUT2D eigenvalue weighted by atomic mass is 9.92. The van der Waals surface area contributed by atoms with Crippen LogP contribution in [-0.2, 0) is 5.41 Å². The quantitative estimate of drug-likeness (QED) is 0.640. The van der Waals surface area contributed by atoms with Gasteiger partial charge >= 0.3 is 0 Å². The number of carbonyl (C=O) groups is 1. The van der Waals surface area contributed by atoms with Crippen LogP contribution in [0.5, 0.6) is 0 Å². The Morgan fingerprint density at radius 2 is 2.06 bits per heavy atom. The summed E-state index contributed by atoms with van der Waals surface area (Å²) in [6.07, 6.45) is 4.34. The predicted octanol–water partition coefficient (Wildman–Crippen LogP) is 4.79. The Morgan fingerprint density at radius 1 is 1.25 bits per heavy atom. The number of nitriles is 1. The molecule has 7 nitrogen and oxygen atoms in total. The molecule has 164 valence electrons. The molecule has 1 unspecified atom stereocenters. The number of aromatic nitrogens is 2. The maximum Gasteiger partial charge on any atom is 0.258 e. The molecule has 0 radical (unpaired) electrons. The first-order valence-electron chi connectivity index (χ1n) is 10.7. The average Bonchev–Trinajstić information content (AvgIpc) is 3.44. The van der Waals surface area contributed by atoms with Gasteiger partial charge in [-0.05, 0) is 42.7 Å². The smallest absolute Gasteiger partial charge is 0.258 e. The third kappa shape index (κ3) is 4.50. The van der Waals surface area contributed by atoms with E-state index in [0.29, 0.717) is 22.9 Å². The number of rotatable bonds is 4. The van der Waals surface area contributed by atoms with Gasteiger partial charge in [0, 0.05) is 42.2 Å². The molecule has 0 aliphatic carbocycles. The second-order valence-corrected chi connectivity index (χ2v) is 9.33. The fourth-order valence-corrected chi connectivity index (χ4v) is 4.00. The molecule has 1 aliphatic rings. The molecular formula is C25H27N5O2. The zero-order valence-electron chi connectivity index (χ0n) is 18.8. The summed E-state index contributed by atoms with van der Waals surface area (Å²) in [6, 6.07) is 11.6. The van der Waals surface area contributed by atoms with Gasteiger partial charge < -0.3 is 9.42 Å². The molecule has 2 aromatic heterocycles. The van der Waals surface area contributed by atoms with Gasteiger partial charge in [-0.15, -0.1) is 0 Å². The molecule has 1 atom stereocenters. The zero-order chi connectivity index (χ0) is 22.9. The Hall–Kier alpha value is -3.66. The van der Waals surface area contributed by atoms with Gasteiger partial charge in [0.15, 0.2) is 0 Å². The van der Waals surface area contributed by atoms with E-state index in [0.717, 1.165) is 42.0 Å². The van der Waals surface area contributed by atoms with Crippen LogP contribution < -0.4 is 10.2 Å². The van der Waals surface area contributed by atoms with Crippen molar-refractivity contribution in [2.75, 3.05) is 23.3 Å². The molecule has 1 aliphatic heterocycles. The SMILES string of the molecule is Cc1ccc(C(=O)Nc2cc(C(C)(C)C)no2)cc1C1CCN(c2cncc(C#N)c2)C1. The number of nitrogens with one attached hydrogen (secondary N) is 1. The van der Waals surface area contributed by atoms with Crippen LogP contribution in [0.3, 0.4) is 0 Å². The predicted molar refractivity (Wildman–Crippen MR) is 123 cm³/mol. The lowest BCUT2D eigenvalue weighted by molar-refractivity contribution is 0.102. The van der Waals surface area contributed by atoms with E-state index in [4.69, 9.17) is 9.78 Å². The molecule has 1 saturated heterocycles. The van der Waals surface area contributed by atoms with Crippen molar-refractivity contribution in [1.29, 1.82) is 5.26 Å². The van der Waals surface area contributed by atoms with Crippen LogP contribution in [0.4, 0.5) is 11.6 Å². The maximum absolute atomic E-state index is 12.9. The molecule has 1 fully saturated rings. The number of nitrogens with zero attached hydrogens (tertiary/aromatic N) is 4. The molecule has 4 rings (SSSR count). The molecule has 32 heavy (non-hydrogen) atoms. The second-order valence-electron chi connectivity index (χ2n) is 9.33. The minimum atomic E-state index is -0.219. The van der Waals surface area contributed by atoms with Gasteiger partial charge in [0.05, 0.1) is 23.1 Å². The highest BCUT2D eigenvalue weighted by Crippen LogP contribution is 2.33. The third-order valence-electron chi connectivity index (χ3n) is 5.90. The van der Waals surface area contributed by atoms with Crippen LogP contribution >= 0.6 is 0 Å². The summed E-state index contributed by atoms with van der Waals surface area (Å²) >= 11 is 0. The minimum absolute atomic E-state index is 0.153. The van der Waals surface area contributed by atoms with Crippen molar-refractivity contribution >= 4 is 17.5 Å². The van der Waals surface area contributed by atoms with Crippen molar-refractivity contribution in [3.63, 3.8) is 0 Å². The van der Waals surface area contributed by atoms with Gasteiger partial charge in [0.2, 0.25) is 5.88 Å². The van der Waals surface area contributed by atoms with Gasteiger partial charge in [0.1, 0.15) is 6.07 Å². The minimum Gasteiger partial charge on any atom is -0.370 e. The van der Waals surface area contributed by atoms with Crippen molar-refractivity contribution in [1.82, 2.24) is 10.1 Å². The standard InChI is InChI=1S/C25H27N5O2/c1-16-5-6-18(24(31)28-23-11-22(29-32-23)25(2,3)4)10-21(16)19-7-8-30(15-19)20-9-17(12-26)13-27-14-20/h5-6,9-11,13-14,19H,7-8,15H2,1-4H3,(H,28,31). The number of anilines is 2. The largest absolute Gasteiger partial charge is 0.370 e. The molecule has 7 heteroatoms. The van der Waals surface area contributed by atoms with E-state index in [9.17, 15) is 4.79 Å². The van der Waals surface area contributed by atoms with Gasteiger partial charge in [-0.25, -0.2) is 0 Å². The van der Waals surface area contributed by atoms with Crippen LogP contribution in [0.15, 0.2) is 47.2 Å². The normalized spacial score (nSPS) is 16.1. The second kappa shape index (κ2) is 8.46. The van der Waals surface area contributed by atoms with E-state index in [1.807, 2.05) is 45.0 Å². The summed E-state index contributed by atoms with van der Waals surface area (Å²) in [5.74, 6) is 0.425. The van der Waals surface area contributed by atoms with Crippen molar-refractivity contribution < 1.29 is 9.32 Å². The summed E-state index contributed by atoms with van der Waals surface area (Å²) in [5.41, 5.74) is 5.06. The van der Waals surface area contributed by atoms with Gasteiger partial charge in [-0.2, -0.15) is 5.26 Å². The van der Waals surface area contributed by atoms with Crippen molar-refractivity contribution in [2.24, 2.45) is 0 Å². The fourth-order valence-electron chi connectivity index (χ4n) is 4.00. The monoisotopic (exact) mass is 429 g/mol.